The Morgan fingerprint density at radius 2 is 1.58 bits per heavy atom. The van der Waals surface area contributed by atoms with Gasteiger partial charge in [-0.15, -0.1) is 11.8 Å². The Balaban J connectivity index is 1.59. The van der Waals surface area contributed by atoms with E-state index < -0.39 is 53.4 Å². The Kier molecular flexibility index (Phi) is 7.73. The van der Waals surface area contributed by atoms with Gasteiger partial charge in [-0.3, -0.25) is 19.2 Å². The SMILES string of the molecule is CC(=O)CC(=O)N[C@@H]1C(=O)N2[C@@H]1SCC(OC(C)=O)[C@@H]2C(=O)OC(c1ccccc1)c1ccccc1. The molecule has 1 unspecified atom stereocenters. The van der Waals surface area contributed by atoms with Crippen LogP contribution in [0.2, 0.25) is 0 Å². The zero-order chi connectivity index (χ0) is 25.8. The monoisotopic (exact) mass is 510 g/mol. The van der Waals surface area contributed by atoms with Gasteiger partial charge >= 0.3 is 11.9 Å². The second kappa shape index (κ2) is 10.9. The summed E-state index contributed by atoms with van der Waals surface area (Å²) in [6, 6.07) is 16.3. The van der Waals surface area contributed by atoms with Gasteiger partial charge in [-0.2, -0.15) is 0 Å². The van der Waals surface area contributed by atoms with Crippen LogP contribution in [0.1, 0.15) is 37.5 Å². The van der Waals surface area contributed by atoms with Gasteiger partial charge in [-0.25, -0.2) is 4.79 Å². The van der Waals surface area contributed by atoms with Crippen molar-refractivity contribution >= 4 is 41.3 Å². The maximum absolute atomic E-state index is 13.6. The maximum Gasteiger partial charge on any atom is 0.333 e. The minimum absolute atomic E-state index is 0.230. The number of rotatable bonds is 8. The van der Waals surface area contributed by atoms with Gasteiger partial charge in [0.1, 0.15) is 23.3 Å². The first-order valence-electron chi connectivity index (χ1n) is 11.5. The fourth-order valence-electron chi connectivity index (χ4n) is 4.35. The van der Waals surface area contributed by atoms with Gasteiger partial charge in [0, 0.05) is 12.7 Å². The molecule has 0 aromatic heterocycles. The van der Waals surface area contributed by atoms with Crippen molar-refractivity contribution in [3.05, 3.63) is 71.8 Å². The summed E-state index contributed by atoms with van der Waals surface area (Å²) in [5.74, 6) is -2.45. The fourth-order valence-corrected chi connectivity index (χ4v) is 5.76. The molecule has 0 bridgehead atoms. The maximum atomic E-state index is 13.6. The van der Waals surface area contributed by atoms with Gasteiger partial charge in [-0.05, 0) is 18.1 Å². The topological polar surface area (TPSA) is 119 Å². The largest absolute Gasteiger partial charge is 0.459 e. The van der Waals surface area contributed by atoms with Crippen molar-refractivity contribution in [2.75, 3.05) is 5.75 Å². The summed E-state index contributed by atoms with van der Waals surface area (Å²) in [6.07, 6.45) is -1.99. The number of thioether (sulfide) groups is 1. The normalized spacial score (nSPS) is 22.8. The molecule has 188 valence electrons. The Morgan fingerprint density at radius 3 is 2.11 bits per heavy atom. The van der Waals surface area contributed by atoms with Crippen molar-refractivity contribution in [1.82, 2.24) is 10.2 Å². The van der Waals surface area contributed by atoms with Crippen molar-refractivity contribution in [2.24, 2.45) is 0 Å². The molecule has 0 saturated carbocycles. The predicted octanol–water partition coefficient (Wildman–Crippen LogP) is 2.00. The van der Waals surface area contributed by atoms with Gasteiger partial charge in [0.15, 0.2) is 12.1 Å². The molecule has 1 N–H and O–H groups in total. The minimum Gasteiger partial charge on any atom is -0.459 e. The van der Waals surface area contributed by atoms with Crippen molar-refractivity contribution in [3.8, 4) is 0 Å². The van der Waals surface area contributed by atoms with E-state index in [0.717, 1.165) is 11.1 Å². The number of Topliss-reactive ketones (excluding diaryl/α,β-unsaturated/α-hetero) is 1. The Bertz CT molecular complexity index is 1120. The number of nitrogens with zero attached hydrogens (tertiary/aromatic N) is 1. The lowest BCUT2D eigenvalue weighted by Crippen LogP contribution is -2.77. The van der Waals surface area contributed by atoms with E-state index in [1.54, 1.807) is 0 Å². The van der Waals surface area contributed by atoms with Crippen LogP contribution in [0.3, 0.4) is 0 Å². The van der Waals surface area contributed by atoms with Crippen LogP contribution in [0.15, 0.2) is 60.7 Å². The number of esters is 2. The van der Waals surface area contributed by atoms with E-state index in [-0.39, 0.29) is 18.0 Å². The van der Waals surface area contributed by atoms with Gasteiger partial charge in [0.25, 0.3) is 0 Å². The first kappa shape index (κ1) is 25.4. The van der Waals surface area contributed by atoms with Gasteiger partial charge < -0.3 is 19.7 Å². The van der Waals surface area contributed by atoms with E-state index >= 15 is 0 Å². The third-order valence-electron chi connectivity index (χ3n) is 5.89. The molecule has 2 saturated heterocycles. The molecule has 10 heteroatoms. The van der Waals surface area contributed by atoms with Gasteiger partial charge in [-0.1, -0.05) is 60.7 Å². The molecule has 36 heavy (non-hydrogen) atoms. The summed E-state index contributed by atoms with van der Waals surface area (Å²) in [7, 11) is 0. The number of benzene rings is 2. The van der Waals surface area contributed by atoms with Crippen LogP contribution in [0.5, 0.6) is 0 Å². The van der Waals surface area contributed by atoms with E-state index in [1.807, 2.05) is 60.7 Å². The smallest absolute Gasteiger partial charge is 0.333 e. The van der Waals surface area contributed by atoms with Crippen LogP contribution in [-0.4, -0.2) is 63.8 Å². The van der Waals surface area contributed by atoms with Crippen molar-refractivity contribution in [2.45, 2.75) is 49.9 Å². The average molecular weight is 511 g/mol. The molecule has 2 aromatic rings. The molecule has 4 atom stereocenters. The lowest BCUT2D eigenvalue weighted by molar-refractivity contribution is -0.178. The van der Waals surface area contributed by atoms with Crippen LogP contribution in [0.4, 0.5) is 0 Å². The number of nitrogens with one attached hydrogen (secondary N) is 1. The number of fused-ring (bicyclic) bond motifs is 1. The second-order valence-corrected chi connectivity index (χ2v) is 9.77. The van der Waals surface area contributed by atoms with Gasteiger partial charge in [0.2, 0.25) is 11.8 Å². The molecule has 0 spiro atoms. The van der Waals surface area contributed by atoms with Crippen LogP contribution >= 0.6 is 11.8 Å². The molecule has 2 aliphatic heterocycles. The number of ether oxygens (including phenoxy) is 2. The van der Waals surface area contributed by atoms with Crippen LogP contribution < -0.4 is 5.32 Å². The molecule has 4 rings (SSSR count). The molecule has 0 radical (unpaired) electrons. The molecule has 2 amide bonds. The lowest BCUT2D eigenvalue weighted by Gasteiger charge is -2.54. The highest BCUT2D eigenvalue weighted by molar-refractivity contribution is 8.00. The third kappa shape index (κ3) is 5.43. The van der Waals surface area contributed by atoms with Crippen LogP contribution in [0, 0.1) is 0 Å². The Morgan fingerprint density at radius 1 is 1.00 bits per heavy atom. The van der Waals surface area contributed by atoms with Crippen molar-refractivity contribution in [1.29, 1.82) is 0 Å². The summed E-state index contributed by atoms with van der Waals surface area (Å²) in [5, 5.41) is 2.02. The molecule has 2 aliphatic rings. The summed E-state index contributed by atoms with van der Waals surface area (Å²) in [6.45, 7) is 2.52. The van der Waals surface area contributed by atoms with Crippen LogP contribution in [-0.2, 0) is 33.4 Å². The predicted molar refractivity (Wildman–Crippen MR) is 130 cm³/mol. The summed E-state index contributed by atoms with van der Waals surface area (Å²) in [4.78, 5) is 63.1. The number of ketones is 1. The van der Waals surface area contributed by atoms with E-state index in [9.17, 15) is 24.0 Å². The molecule has 2 heterocycles. The number of hydrogen-bond donors (Lipinski definition) is 1. The Hall–Kier alpha value is -3.66. The van der Waals surface area contributed by atoms with Crippen molar-refractivity contribution in [3.63, 3.8) is 0 Å². The van der Waals surface area contributed by atoms with Crippen LogP contribution in [0.25, 0.3) is 0 Å². The third-order valence-corrected chi connectivity index (χ3v) is 7.25. The zero-order valence-corrected chi connectivity index (χ0v) is 20.6. The fraction of sp³-hybridized carbons (Fsp3) is 0.346. The van der Waals surface area contributed by atoms with E-state index in [0.29, 0.717) is 0 Å². The molecule has 0 aliphatic carbocycles. The zero-order valence-electron chi connectivity index (χ0n) is 19.8. The van der Waals surface area contributed by atoms with Crippen molar-refractivity contribution < 1.29 is 33.4 Å². The highest BCUT2D eigenvalue weighted by Gasteiger charge is 2.59. The Labute approximate surface area is 212 Å². The number of amides is 2. The summed E-state index contributed by atoms with van der Waals surface area (Å²) in [5.41, 5.74) is 1.49. The number of hydrogen-bond acceptors (Lipinski definition) is 8. The quantitative estimate of drug-likeness (QED) is 0.325. The molecule has 9 nitrogen and oxygen atoms in total. The number of carbonyl (C=O) groups is 5. The lowest BCUT2D eigenvalue weighted by atomic mass is 9.98. The summed E-state index contributed by atoms with van der Waals surface area (Å²) >= 11 is 1.29. The first-order chi connectivity index (χ1) is 17.3. The highest BCUT2D eigenvalue weighted by Crippen LogP contribution is 2.40. The first-order valence-corrected chi connectivity index (χ1v) is 12.5. The van der Waals surface area contributed by atoms with Gasteiger partial charge in [0.05, 0.1) is 6.42 Å². The summed E-state index contributed by atoms with van der Waals surface area (Å²) < 4.78 is 11.4. The van der Waals surface area contributed by atoms with E-state index in [1.165, 1.54) is 30.5 Å². The minimum atomic E-state index is -1.18. The average Bonchev–Trinajstić information content (AvgIpc) is 2.85. The molecule has 2 fully saturated rings. The number of carbonyl (C=O) groups excluding carboxylic acids is 5. The second-order valence-electron chi connectivity index (χ2n) is 8.62. The molecular weight excluding hydrogens is 484 g/mol. The number of β-lactam (4-membered cyclic amide) rings is 1. The standard InChI is InChI=1S/C26H26N2O7S/c1-15(29)13-20(31)27-21-24(32)28-22(19(34-16(2)30)14-36-25(21)28)26(33)35-23(17-9-5-3-6-10-17)18-11-7-4-8-12-18/h3-12,19,21-23,25H,13-14H2,1-2H3,(H,27,31)/t19?,21-,22-,25-/m1/s1. The molecular formula is C26H26N2O7S. The molecule has 2 aromatic carbocycles. The van der Waals surface area contributed by atoms with E-state index in [2.05, 4.69) is 5.32 Å². The van der Waals surface area contributed by atoms with E-state index in [4.69, 9.17) is 9.47 Å². The highest BCUT2D eigenvalue weighted by atomic mass is 32.2.